The summed E-state index contributed by atoms with van der Waals surface area (Å²) in [5, 5.41) is 2.79. The smallest absolute Gasteiger partial charge is 0.257 e. The van der Waals surface area contributed by atoms with Crippen LogP contribution in [0, 0.1) is 6.92 Å². The average molecular weight is 306 g/mol. The van der Waals surface area contributed by atoms with Gasteiger partial charge in [0.1, 0.15) is 0 Å². The molecule has 0 aliphatic rings. The maximum absolute atomic E-state index is 11.9. The monoisotopic (exact) mass is 305 g/mol. The van der Waals surface area contributed by atoms with Crippen LogP contribution in [0.2, 0.25) is 0 Å². The number of halogens is 1. The van der Waals surface area contributed by atoms with Gasteiger partial charge in [0, 0.05) is 22.6 Å². The minimum Gasteiger partial charge on any atom is -0.398 e. The summed E-state index contributed by atoms with van der Waals surface area (Å²) in [6.07, 6.45) is 3.14. The van der Waals surface area contributed by atoms with E-state index in [1.807, 2.05) is 13.0 Å². The molecule has 1 aromatic carbocycles. The molecule has 0 fully saturated rings. The van der Waals surface area contributed by atoms with Crippen LogP contribution in [0.4, 0.5) is 11.4 Å². The number of pyridine rings is 1. The first-order valence-electron chi connectivity index (χ1n) is 5.35. The van der Waals surface area contributed by atoms with Crippen LogP contribution in [-0.4, -0.2) is 10.9 Å². The van der Waals surface area contributed by atoms with Crippen molar-refractivity contribution in [2.45, 2.75) is 6.92 Å². The molecular formula is C13H12BrN3O. The zero-order chi connectivity index (χ0) is 13.1. The Labute approximate surface area is 113 Å². The van der Waals surface area contributed by atoms with Gasteiger partial charge in [-0.1, -0.05) is 0 Å². The van der Waals surface area contributed by atoms with Crippen LogP contribution in [-0.2, 0) is 0 Å². The number of carbonyl (C=O) groups excluding carboxylic acids is 1. The zero-order valence-electron chi connectivity index (χ0n) is 9.77. The molecule has 0 saturated carbocycles. The molecule has 2 aromatic rings. The van der Waals surface area contributed by atoms with E-state index in [1.165, 1.54) is 6.20 Å². The number of hydrogen-bond acceptors (Lipinski definition) is 3. The first-order chi connectivity index (χ1) is 8.58. The van der Waals surface area contributed by atoms with E-state index in [2.05, 4.69) is 26.2 Å². The van der Waals surface area contributed by atoms with Crippen molar-refractivity contribution in [3.63, 3.8) is 0 Å². The molecular weight excluding hydrogens is 294 g/mol. The Hall–Kier alpha value is -1.88. The first kappa shape index (κ1) is 12.6. The highest BCUT2D eigenvalue weighted by molar-refractivity contribution is 9.10. The van der Waals surface area contributed by atoms with Crippen molar-refractivity contribution in [1.82, 2.24) is 4.98 Å². The number of nitrogens with one attached hydrogen (secondary N) is 1. The fourth-order valence-corrected chi connectivity index (χ4v) is 2.03. The minimum atomic E-state index is -0.216. The van der Waals surface area contributed by atoms with E-state index in [4.69, 9.17) is 5.73 Å². The summed E-state index contributed by atoms with van der Waals surface area (Å²) in [5.41, 5.74) is 8.57. The lowest BCUT2D eigenvalue weighted by Crippen LogP contribution is -2.12. The van der Waals surface area contributed by atoms with Crippen LogP contribution >= 0.6 is 15.9 Å². The number of nitrogen functional groups attached to an aromatic ring is 1. The number of amides is 1. The van der Waals surface area contributed by atoms with Gasteiger partial charge >= 0.3 is 0 Å². The topological polar surface area (TPSA) is 68.0 Å². The van der Waals surface area contributed by atoms with Crippen LogP contribution < -0.4 is 11.1 Å². The number of anilines is 2. The largest absolute Gasteiger partial charge is 0.398 e. The van der Waals surface area contributed by atoms with Crippen molar-refractivity contribution in [1.29, 1.82) is 0 Å². The maximum Gasteiger partial charge on any atom is 0.257 e. The van der Waals surface area contributed by atoms with Crippen LogP contribution in [0.15, 0.2) is 41.1 Å². The highest BCUT2D eigenvalue weighted by Crippen LogP contribution is 2.28. The molecule has 18 heavy (non-hydrogen) atoms. The summed E-state index contributed by atoms with van der Waals surface area (Å²) in [5.74, 6) is -0.216. The Balaban J connectivity index is 2.25. The van der Waals surface area contributed by atoms with Crippen molar-refractivity contribution in [2.75, 3.05) is 11.1 Å². The number of hydrogen-bond donors (Lipinski definition) is 2. The van der Waals surface area contributed by atoms with E-state index < -0.39 is 0 Å². The van der Waals surface area contributed by atoms with Crippen molar-refractivity contribution < 1.29 is 4.79 Å². The predicted molar refractivity (Wildman–Crippen MR) is 75.5 cm³/mol. The Morgan fingerprint density at radius 3 is 2.89 bits per heavy atom. The highest BCUT2D eigenvalue weighted by Gasteiger charge is 2.09. The summed E-state index contributed by atoms with van der Waals surface area (Å²) in [6, 6.07) is 7.02. The molecule has 0 unspecified atom stereocenters. The van der Waals surface area contributed by atoms with Gasteiger partial charge in [-0.05, 0) is 52.7 Å². The standard InChI is InChI=1S/C13H12BrN3O/c1-8-5-10(14)12(6-11(8)15)17-13(18)9-3-2-4-16-7-9/h2-7H,15H2,1H3,(H,17,18). The van der Waals surface area contributed by atoms with E-state index in [-0.39, 0.29) is 5.91 Å². The molecule has 0 saturated heterocycles. The number of nitrogens with two attached hydrogens (primary N) is 1. The van der Waals surface area contributed by atoms with Crippen LogP contribution in [0.5, 0.6) is 0 Å². The second-order valence-electron chi connectivity index (χ2n) is 3.88. The summed E-state index contributed by atoms with van der Waals surface area (Å²) < 4.78 is 0.798. The lowest BCUT2D eigenvalue weighted by molar-refractivity contribution is 0.102. The van der Waals surface area contributed by atoms with Gasteiger partial charge in [-0.25, -0.2) is 0 Å². The van der Waals surface area contributed by atoms with E-state index in [0.29, 0.717) is 16.9 Å². The number of benzene rings is 1. The Kier molecular flexibility index (Phi) is 3.62. The quantitative estimate of drug-likeness (QED) is 0.838. The summed E-state index contributed by atoms with van der Waals surface area (Å²) in [7, 11) is 0. The first-order valence-corrected chi connectivity index (χ1v) is 6.14. The molecule has 1 heterocycles. The molecule has 0 aliphatic heterocycles. The molecule has 4 nitrogen and oxygen atoms in total. The summed E-state index contributed by atoms with van der Waals surface area (Å²) in [4.78, 5) is 15.9. The average Bonchev–Trinajstić information content (AvgIpc) is 2.37. The fourth-order valence-electron chi connectivity index (χ4n) is 1.48. The normalized spacial score (nSPS) is 10.1. The number of aryl methyl sites for hydroxylation is 1. The van der Waals surface area contributed by atoms with Gasteiger partial charge in [-0.3, -0.25) is 9.78 Å². The van der Waals surface area contributed by atoms with Crippen LogP contribution in [0.25, 0.3) is 0 Å². The molecule has 1 aromatic heterocycles. The summed E-state index contributed by atoms with van der Waals surface area (Å²) >= 11 is 3.40. The molecule has 0 radical (unpaired) electrons. The number of aromatic nitrogens is 1. The van der Waals surface area contributed by atoms with Gasteiger partial charge in [-0.15, -0.1) is 0 Å². The van der Waals surface area contributed by atoms with Crippen molar-refractivity contribution in [2.24, 2.45) is 0 Å². The number of rotatable bonds is 2. The van der Waals surface area contributed by atoms with Crippen molar-refractivity contribution in [3.8, 4) is 0 Å². The molecule has 3 N–H and O–H groups in total. The zero-order valence-corrected chi connectivity index (χ0v) is 11.4. The van der Waals surface area contributed by atoms with Gasteiger partial charge in [0.05, 0.1) is 11.3 Å². The molecule has 0 bridgehead atoms. The Morgan fingerprint density at radius 2 is 2.22 bits per heavy atom. The van der Waals surface area contributed by atoms with Gasteiger partial charge in [0.25, 0.3) is 5.91 Å². The lowest BCUT2D eigenvalue weighted by Gasteiger charge is -2.10. The SMILES string of the molecule is Cc1cc(Br)c(NC(=O)c2cccnc2)cc1N. The number of nitrogens with zero attached hydrogens (tertiary/aromatic N) is 1. The Morgan fingerprint density at radius 1 is 1.44 bits per heavy atom. The van der Waals surface area contributed by atoms with Gasteiger partial charge in [0.2, 0.25) is 0 Å². The molecule has 2 rings (SSSR count). The molecule has 0 atom stereocenters. The summed E-state index contributed by atoms with van der Waals surface area (Å²) in [6.45, 7) is 1.91. The Bertz CT molecular complexity index is 584. The fraction of sp³-hybridized carbons (Fsp3) is 0.0769. The lowest BCUT2D eigenvalue weighted by atomic mass is 10.2. The third-order valence-electron chi connectivity index (χ3n) is 2.53. The van der Waals surface area contributed by atoms with Crippen LogP contribution in [0.1, 0.15) is 15.9 Å². The second kappa shape index (κ2) is 5.18. The van der Waals surface area contributed by atoms with Crippen molar-refractivity contribution in [3.05, 3.63) is 52.3 Å². The van der Waals surface area contributed by atoms with Gasteiger partial charge in [0.15, 0.2) is 0 Å². The molecule has 5 heteroatoms. The van der Waals surface area contributed by atoms with E-state index in [0.717, 1.165) is 10.0 Å². The van der Waals surface area contributed by atoms with Gasteiger partial charge in [-0.2, -0.15) is 0 Å². The molecule has 1 amide bonds. The van der Waals surface area contributed by atoms with E-state index in [9.17, 15) is 4.79 Å². The second-order valence-corrected chi connectivity index (χ2v) is 4.74. The molecule has 0 spiro atoms. The highest BCUT2D eigenvalue weighted by atomic mass is 79.9. The maximum atomic E-state index is 11.9. The van der Waals surface area contributed by atoms with Crippen LogP contribution in [0.3, 0.4) is 0 Å². The third-order valence-corrected chi connectivity index (χ3v) is 3.18. The van der Waals surface area contributed by atoms with Crippen molar-refractivity contribution >= 4 is 33.2 Å². The minimum absolute atomic E-state index is 0.216. The predicted octanol–water partition coefficient (Wildman–Crippen LogP) is 2.99. The number of carbonyl (C=O) groups is 1. The third kappa shape index (κ3) is 2.68. The molecule has 0 aliphatic carbocycles. The molecule has 92 valence electrons. The van der Waals surface area contributed by atoms with E-state index >= 15 is 0 Å². The van der Waals surface area contributed by atoms with Gasteiger partial charge < -0.3 is 11.1 Å². The van der Waals surface area contributed by atoms with E-state index in [1.54, 1.807) is 24.4 Å².